The molecule has 0 fully saturated rings. The second-order valence-corrected chi connectivity index (χ2v) is 14.3. The van der Waals surface area contributed by atoms with Gasteiger partial charge in [0.15, 0.2) is 0 Å². The fourth-order valence-electron chi connectivity index (χ4n) is 9.48. The molecule has 51 heavy (non-hydrogen) atoms. The predicted octanol–water partition coefficient (Wildman–Crippen LogP) is 11.6. The van der Waals surface area contributed by atoms with Crippen LogP contribution < -0.4 is 10.2 Å². The number of benzene rings is 4. The summed E-state index contributed by atoms with van der Waals surface area (Å²) in [5.41, 5.74) is 17.4. The number of nitrogens with one attached hydrogen (secondary N) is 1. The molecule has 3 heterocycles. The zero-order valence-corrected chi connectivity index (χ0v) is 28.8. The van der Waals surface area contributed by atoms with E-state index < -0.39 is 0 Å². The number of fused-ring (bicyclic) bond motifs is 8. The fraction of sp³-hybridized carbons (Fsp3) is 0.146. The Hall–Kier alpha value is -5.93. The summed E-state index contributed by atoms with van der Waals surface area (Å²) in [6.07, 6.45) is 26.7. The molecule has 1 N–H and O–H groups in total. The second kappa shape index (κ2) is 11.8. The number of nitrogens with zero attached hydrogens (tertiary/aromatic N) is 2. The largest absolute Gasteiger partial charge is 0.387 e. The summed E-state index contributed by atoms with van der Waals surface area (Å²) >= 11 is 0. The highest BCUT2D eigenvalue weighted by atomic mass is 15.2. The van der Waals surface area contributed by atoms with Gasteiger partial charge >= 0.3 is 0 Å². The zero-order valence-electron chi connectivity index (χ0n) is 28.8. The third-order valence-electron chi connectivity index (χ3n) is 11.7. The van der Waals surface area contributed by atoms with E-state index in [0.717, 1.165) is 30.8 Å². The van der Waals surface area contributed by atoms with Crippen LogP contribution in [0.5, 0.6) is 0 Å². The number of hydrogen-bond donors (Lipinski definition) is 1. The topological polar surface area (TPSA) is 28.2 Å². The lowest BCUT2D eigenvalue weighted by Crippen LogP contribution is -2.40. The molecule has 3 unspecified atom stereocenters. The summed E-state index contributed by atoms with van der Waals surface area (Å²) in [4.78, 5) is 7.34. The molecule has 3 atom stereocenters. The Kier molecular flexibility index (Phi) is 6.95. The van der Waals surface area contributed by atoms with E-state index in [1.165, 1.54) is 67.0 Å². The summed E-state index contributed by atoms with van der Waals surface area (Å²) in [5.74, 6) is 0.658. The molecule has 0 amide bonds. The van der Waals surface area contributed by atoms with Gasteiger partial charge in [0.25, 0.3) is 0 Å². The van der Waals surface area contributed by atoms with Gasteiger partial charge in [-0.25, -0.2) is 0 Å². The van der Waals surface area contributed by atoms with Gasteiger partial charge in [-0.1, -0.05) is 128 Å². The van der Waals surface area contributed by atoms with Crippen LogP contribution in [0.3, 0.4) is 0 Å². The number of hydrogen-bond acceptors (Lipinski definition) is 3. The third-order valence-corrected chi connectivity index (χ3v) is 11.7. The van der Waals surface area contributed by atoms with Gasteiger partial charge in [-0.3, -0.25) is 4.98 Å². The van der Waals surface area contributed by atoms with Gasteiger partial charge in [0, 0.05) is 40.9 Å². The van der Waals surface area contributed by atoms with Crippen molar-refractivity contribution < 1.29 is 0 Å². The Bertz CT molecular complexity index is 2420. The lowest BCUT2D eigenvalue weighted by Gasteiger charge is -2.44. The van der Waals surface area contributed by atoms with E-state index in [1.807, 2.05) is 12.4 Å². The van der Waals surface area contributed by atoms with E-state index in [9.17, 15) is 0 Å². The molecule has 0 bridgehead atoms. The van der Waals surface area contributed by atoms with Crippen molar-refractivity contribution in [3.63, 3.8) is 0 Å². The molecule has 0 radical (unpaired) electrons. The van der Waals surface area contributed by atoms with Gasteiger partial charge < -0.3 is 10.2 Å². The van der Waals surface area contributed by atoms with Crippen molar-refractivity contribution >= 4 is 22.6 Å². The predicted molar refractivity (Wildman–Crippen MR) is 212 cm³/mol. The van der Waals surface area contributed by atoms with Crippen LogP contribution in [0.1, 0.15) is 36.6 Å². The number of aromatic nitrogens is 1. The summed E-state index contributed by atoms with van der Waals surface area (Å²) in [7, 11) is 0. The average Bonchev–Trinajstić information content (AvgIpc) is 3.42. The summed E-state index contributed by atoms with van der Waals surface area (Å²) in [5, 5.41) is 3.37. The van der Waals surface area contributed by atoms with Crippen molar-refractivity contribution in [2.45, 2.75) is 25.2 Å². The van der Waals surface area contributed by atoms with Gasteiger partial charge in [0.1, 0.15) is 0 Å². The zero-order chi connectivity index (χ0) is 33.9. The number of pyridine rings is 1. The van der Waals surface area contributed by atoms with E-state index in [-0.39, 0.29) is 11.3 Å². The minimum atomic E-state index is -0.289. The van der Waals surface area contributed by atoms with Crippen molar-refractivity contribution in [3.05, 3.63) is 187 Å². The van der Waals surface area contributed by atoms with Crippen LogP contribution in [-0.2, 0) is 5.41 Å². The molecule has 0 saturated heterocycles. The monoisotopic (exact) mass is 657 g/mol. The number of allylic oxidation sites excluding steroid dienone is 10. The standard InChI is InChI=1S/C48H39N3/c1-32-14-5-10-22-42(32)48(34-16-3-2-4-17-34)43-23-11-8-20-38(43)40-30-47-41(29-44(40)48)37-19-7-6-18-36(37)39-21-9-12-24-46(39)51(47)35-25-27-50-45(28-35)33-15-13-26-49-31-33/h2-3,5-16,18-30,32,42,49H,4,17,31H2,1H3. The van der Waals surface area contributed by atoms with Gasteiger partial charge in [-0.2, -0.15) is 0 Å². The van der Waals surface area contributed by atoms with Crippen molar-refractivity contribution in [1.82, 2.24) is 10.3 Å². The molecule has 5 aromatic rings. The molecular formula is C48H39N3. The average molecular weight is 658 g/mol. The molecule has 2 aliphatic heterocycles. The molecule has 10 rings (SSSR count). The SMILES string of the molecule is CC1C=CC=CC1C1(C2=CC=CCC2)c2ccccc2-c2cc3c(cc21)-c1ccccc1-c1ccccc1N3c1ccnc(C2=CC=CNC2)c1. The first-order valence-electron chi connectivity index (χ1n) is 18.3. The molecule has 246 valence electrons. The maximum absolute atomic E-state index is 4.86. The van der Waals surface area contributed by atoms with Crippen LogP contribution in [0.2, 0.25) is 0 Å². The lowest BCUT2D eigenvalue weighted by atomic mass is 9.58. The number of anilines is 3. The highest BCUT2D eigenvalue weighted by Crippen LogP contribution is 2.63. The van der Waals surface area contributed by atoms with Gasteiger partial charge in [-0.05, 0) is 100 Å². The quantitative estimate of drug-likeness (QED) is 0.204. The normalized spacial score (nSPS) is 22.1. The maximum atomic E-state index is 4.86. The van der Waals surface area contributed by atoms with Crippen molar-refractivity contribution in [2.24, 2.45) is 11.8 Å². The first kappa shape index (κ1) is 29.9. The second-order valence-electron chi connectivity index (χ2n) is 14.3. The Morgan fingerprint density at radius 3 is 2.27 bits per heavy atom. The van der Waals surface area contributed by atoms with E-state index in [4.69, 9.17) is 4.98 Å². The molecule has 0 spiro atoms. The van der Waals surface area contributed by atoms with Crippen LogP contribution >= 0.6 is 0 Å². The summed E-state index contributed by atoms with van der Waals surface area (Å²) in [6, 6.07) is 36.6. The minimum Gasteiger partial charge on any atom is -0.387 e. The smallest absolute Gasteiger partial charge is 0.0700 e. The molecular weight excluding hydrogens is 619 g/mol. The van der Waals surface area contributed by atoms with Gasteiger partial charge in [0.05, 0.1) is 17.1 Å². The molecule has 3 nitrogen and oxygen atoms in total. The van der Waals surface area contributed by atoms with Gasteiger partial charge in [0.2, 0.25) is 0 Å². The van der Waals surface area contributed by atoms with Crippen molar-refractivity contribution in [3.8, 4) is 33.4 Å². The molecule has 5 aliphatic rings. The Morgan fingerprint density at radius 2 is 1.47 bits per heavy atom. The first-order valence-corrected chi connectivity index (χ1v) is 18.3. The Balaban J connectivity index is 1.31. The molecule has 4 aromatic carbocycles. The van der Waals surface area contributed by atoms with E-state index in [1.54, 1.807) is 0 Å². The highest BCUT2D eigenvalue weighted by Gasteiger charge is 2.52. The Morgan fingerprint density at radius 1 is 0.686 bits per heavy atom. The van der Waals surface area contributed by atoms with Crippen LogP contribution in [0.25, 0.3) is 39.0 Å². The van der Waals surface area contributed by atoms with Crippen molar-refractivity contribution in [1.29, 1.82) is 0 Å². The van der Waals surface area contributed by atoms with Gasteiger partial charge in [-0.15, -0.1) is 0 Å². The fourth-order valence-corrected chi connectivity index (χ4v) is 9.48. The minimum absolute atomic E-state index is 0.282. The molecule has 3 heteroatoms. The van der Waals surface area contributed by atoms with E-state index >= 15 is 0 Å². The number of dihydropyridines is 1. The van der Waals surface area contributed by atoms with Crippen LogP contribution in [0.4, 0.5) is 17.1 Å². The number of para-hydroxylation sites is 1. The van der Waals surface area contributed by atoms with Crippen LogP contribution in [0.15, 0.2) is 170 Å². The molecule has 1 aromatic heterocycles. The van der Waals surface area contributed by atoms with Crippen molar-refractivity contribution in [2.75, 3.05) is 11.4 Å². The summed E-state index contributed by atoms with van der Waals surface area (Å²) < 4.78 is 0. The lowest BCUT2D eigenvalue weighted by molar-refractivity contribution is 0.360. The van der Waals surface area contributed by atoms with Crippen LogP contribution in [0, 0.1) is 11.8 Å². The summed E-state index contributed by atoms with van der Waals surface area (Å²) in [6.45, 7) is 3.16. The third kappa shape index (κ3) is 4.47. The maximum Gasteiger partial charge on any atom is 0.0700 e. The highest BCUT2D eigenvalue weighted by molar-refractivity contribution is 6.05. The Labute approximate surface area is 300 Å². The van der Waals surface area contributed by atoms with E-state index in [2.05, 4.69) is 169 Å². The molecule has 0 saturated carbocycles. The number of rotatable bonds is 4. The molecule has 3 aliphatic carbocycles. The van der Waals surface area contributed by atoms with E-state index in [0.29, 0.717) is 5.92 Å². The first-order chi connectivity index (χ1) is 25.2. The van der Waals surface area contributed by atoms with Crippen LogP contribution in [-0.4, -0.2) is 11.5 Å².